The molecule has 1 aliphatic heterocycles. The number of piperazine rings is 1. The summed E-state index contributed by atoms with van der Waals surface area (Å²) in [5.74, 6) is 1.49. The highest BCUT2D eigenvalue weighted by molar-refractivity contribution is 5.68. The molecule has 0 aromatic rings. The molecule has 0 radical (unpaired) electrons. The Bertz CT molecular complexity index is 303. The van der Waals surface area contributed by atoms with Crippen LogP contribution in [-0.4, -0.2) is 42.8 Å². The van der Waals surface area contributed by atoms with Gasteiger partial charge in [0.25, 0.3) is 0 Å². The van der Waals surface area contributed by atoms with Gasteiger partial charge in [0.1, 0.15) is 0 Å². The monoisotopic (exact) mass is 284 g/mol. The molecule has 0 saturated carbocycles. The fraction of sp³-hybridized carbons (Fsp3) is 0.938. The van der Waals surface area contributed by atoms with E-state index < -0.39 is 0 Å². The molecular formula is C16H32N2O2. The standard InChI is InChI=1S/C16H32N2O2/c1-11(2)7-14-8-17-15(13(5)6)9-18(14)16(19)20-10-12(3)4/h11-15,17H,7-10H2,1-6H3. The SMILES string of the molecule is CC(C)COC(=O)N1CC(C(C)C)NCC1CC(C)C. The number of hydrogen-bond donors (Lipinski definition) is 1. The molecule has 0 spiro atoms. The number of nitrogens with zero attached hydrogens (tertiary/aromatic N) is 1. The Balaban J connectivity index is 2.67. The van der Waals surface area contributed by atoms with E-state index in [1.807, 2.05) is 4.90 Å². The number of amides is 1. The minimum absolute atomic E-state index is 0.142. The van der Waals surface area contributed by atoms with Gasteiger partial charge in [-0.1, -0.05) is 41.5 Å². The molecule has 1 heterocycles. The Morgan fingerprint density at radius 2 is 1.85 bits per heavy atom. The first-order chi connectivity index (χ1) is 9.31. The molecule has 1 saturated heterocycles. The molecule has 0 aromatic heterocycles. The van der Waals surface area contributed by atoms with E-state index in [9.17, 15) is 4.79 Å². The maximum absolute atomic E-state index is 12.3. The summed E-state index contributed by atoms with van der Waals surface area (Å²) in [6, 6.07) is 0.620. The lowest BCUT2D eigenvalue weighted by Crippen LogP contribution is -2.60. The summed E-state index contributed by atoms with van der Waals surface area (Å²) in [5, 5.41) is 3.57. The number of carbonyl (C=O) groups is 1. The van der Waals surface area contributed by atoms with Crippen LogP contribution in [0, 0.1) is 17.8 Å². The number of carbonyl (C=O) groups excluding carboxylic acids is 1. The van der Waals surface area contributed by atoms with Gasteiger partial charge in [-0.15, -0.1) is 0 Å². The van der Waals surface area contributed by atoms with E-state index in [1.54, 1.807) is 0 Å². The largest absolute Gasteiger partial charge is 0.449 e. The first-order valence-electron chi connectivity index (χ1n) is 7.98. The molecule has 0 bridgehead atoms. The van der Waals surface area contributed by atoms with Crippen molar-refractivity contribution in [3.8, 4) is 0 Å². The van der Waals surface area contributed by atoms with Crippen molar-refractivity contribution in [1.82, 2.24) is 10.2 Å². The zero-order chi connectivity index (χ0) is 15.3. The van der Waals surface area contributed by atoms with Crippen LogP contribution in [0.2, 0.25) is 0 Å². The molecule has 118 valence electrons. The summed E-state index contributed by atoms with van der Waals surface area (Å²) in [4.78, 5) is 14.3. The van der Waals surface area contributed by atoms with Gasteiger partial charge >= 0.3 is 6.09 Å². The van der Waals surface area contributed by atoms with Crippen LogP contribution < -0.4 is 5.32 Å². The first-order valence-corrected chi connectivity index (χ1v) is 7.98. The smallest absolute Gasteiger partial charge is 0.410 e. The molecule has 2 atom stereocenters. The van der Waals surface area contributed by atoms with Crippen LogP contribution in [-0.2, 0) is 4.74 Å². The lowest BCUT2D eigenvalue weighted by molar-refractivity contribution is 0.0507. The van der Waals surface area contributed by atoms with Gasteiger partial charge in [-0.25, -0.2) is 4.79 Å². The number of hydrogen-bond acceptors (Lipinski definition) is 3. The van der Waals surface area contributed by atoms with Gasteiger partial charge in [0.05, 0.1) is 6.61 Å². The quantitative estimate of drug-likeness (QED) is 0.843. The van der Waals surface area contributed by atoms with Crippen LogP contribution in [0.5, 0.6) is 0 Å². The number of ether oxygens (including phenoxy) is 1. The Kier molecular flexibility index (Phi) is 6.80. The van der Waals surface area contributed by atoms with E-state index in [4.69, 9.17) is 4.74 Å². The van der Waals surface area contributed by atoms with Gasteiger partial charge in [-0.3, -0.25) is 0 Å². The highest BCUT2D eigenvalue weighted by Gasteiger charge is 2.33. The second kappa shape index (κ2) is 7.87. The third-order valence-corrected chi connectivity index (χ3v) is 3.77. The highest BCUT2D eigenvalue weighted by Crippen LogP contribution is 2.19. The van der Waals surface area contributed by atoms with Gasteiger partial charge in [0.2, 0.25) is 0 Å². The lowest BCUT2D eigenvalue weighted by Gasteiger charge is -2.41. The summed E-state index contributed by atoms with van der Waals surface area (Å²) in [6.07, 6.45) is 0.880. The Morgan fingerprint density at radius 1 is 1.20 bits per heavy atom. The van der Waals surface area contributed by atoms with Crippen molar-refractivity contribution < 1.29 is 9.53 Å². The summed E-state index contributed by atoms with van der Waals surface area (Å²) in [6.45, 7) is 15.0. The maximum atomic E-state index is 12.3. The third-order valence-electron chi connectivity index (χ3n) is 3.77. The summed E-state index contributed by atoms with van der Waals surface area (Å²) >= 11 is 0. The second-order valence-corrected chi connectivity index (χ2v) is 7.17. The fourth-order valence-corrected chi connectivity index (χ4v) is 2.57. The molecule has 4 heteroatoms. The van der Waals surface area contributed by atoms with E-state index in [1.165, 1.54) is 0 Å². The third kappa shape index (κ3) is 5.31. The van der Waals surface area contributed by atoms with E-state index in [-0.39, 0.29) is 12.1 Å². The average molecular weight is 284 g/mol. The van der Waals surface area contributed by atoms with Crippen LogP contribution in [0.25, 0.3) is 0 Å². The second-order valence-electron chi connectivity index (χ2n) is 7.17. The molecule has 1 amide bonds. The predicted molar refractivity (Wildman–Crippen MR) is 82.8 cm³/mol. The van der Waals surface area contributed by atoms with Crippen molar-refractivity contribution in [3.05, 3.63) is 0 Å². The topological polar surface area (TPSA) is 41.6 Å². The molecule has 0 aromatic carbocycles. The molecule has 0 aliphatic carbocycles. The zero-order valence-electron chi connectivity index (χ0n) is 14.0. The van der Waals surface area contributed by atoms with Crippen molar-refractivity contribution >= 4 is 6.09 Å². The fourth-order valence-electron chi connectivity index (χ4n) is 2.57. The van der Waals surface area contributed by atoms with E-state index in [2.05, 4.69) is 46.9 Å². The van der Waals surface area contributed by atoms with Crippen molar-refractivity contribution in [2.45, 2.75) is 60.0 Å². The lowest BCUT2D eigenvalue weighted by atomic mass is 9.95. The van der Waals surface area contributed by atoms with Gasteiger partial charge in [0, 0.05) is 25.2 Å². The molecule has 20 heavy (non-hydrogen) atoms. The van der Waals surface area contributed by atoms with Crippen molar-refractivity contribution in [2.24, 2.45) is 17.8 Å². The van der Waals surface area contributed by atoms with E-state index in [0.717, 1.165) is 19.5 Å². The molecule has 1 aliphatic rings. The molecule has 1 rings (SSSR count). The normalized spacial score (nSPS) is 23.8. The number of nitrogens with one attached hydrogen (secondary N) is 1. The number of rotatable bonds is 5. The van der Waals surface area contributed by atoms with Crippen LogP contribution in [0.15, 0.2) is 0 Å². The van der Waals surface area contributed by atoms with Gasteiger partial charge < -0.3 is 15.0 Å². The highest BCUT2D eigenvalue weighted by atomic mass is 16.6. The summed E-state index contributed by atoms with van der Waals surface area (Å²) in [7, 11) is 0. The van der Waals surface area contributed by atoms with Crippen LogP contribution >= 0.6 is 0 Å². The Morgan fingerprint density at radius 3 is 2.35 bits per heavy atom. The van der Waals surface area contributed by atoms with E-state index in [0.29, 0.717) is 30.4 Å². The van der Waals surface area contributed by atoms with Crippen molar-refractivity contribution in [3.63, 3.8) is 0 Å². The van der Waals surface area contributed by atoms with Gasteiger partial charge in [-0.05, 0) is 24.2 Å². The minimum Gasteiger partial charge on any atom is -0.449 e. The molecular weight excluding hydrogens is 252 g/mol. The summed E-state index contributed by atoms with van der Waals surface area (Å²) < 4.78 is 5.44. The average Bonchev–Trinajstić information content (AvgIpc) is 2.35. The van der Waals surface area contributed by atoms with Crippen LogP contribution in [0.4, 0.5) is 4.79 Å². The minimum atomic E-state index is -0.142. The Labute approximate surface area is 124 Å². The van der Waals surface area contributed by atoms with E-state index >= 15 is 0 Å². The first kappa shape index (κ1) is 17.3. The Hall–Kier alpha value is -0.770. The molecule has 1 fully saturated rings. The van der Waals surface area contributed by atoms with Gasteiger partial charge in [-0.2, -0.15) is 0 Å². The summed E-state index contributed by atoms with van der Waals surface area (Å²) in [5.41, 5.74) is 0. The van der Waals surface area contributed by atoms with Crippen molar-refractivity contribution in [2.75, 3.05) is 19.7 Å². The molecule has 4 nitrogen and oxygen atoms in total. The molecule has 2 unspecified atom stereocenters. The van der Waals surface area contributed by atoms with Gasteiger partial charge in [0.15, 0.2) is 0 Å². The predicted octanol–water partition coefficient (Wildman–Crippen LogP) is 3.12. The van der Waals surface area contributed by atoms with Crippen LogP contribution in [0.3, 0.4) is 0 Å². The molecule has 1 N–H and O–H groups in total. The van der Waals surface area contributed by atoms with Crippen LogP contribution in [0.1, 0.15) is 48.0 Å². The zero-order valence-corrected chi connectivity index (χ0v) is 14.0. The van der Waals surface area contributed by atoms with Crippen molar-refractivity contribution in [1.29, 1.82) is 0 Å². The maximum Gasteiger partial charge on any atom is 0.410 e.